The van der Waals surface area contributed by atoms with Crippen molar-refractivity contribution in [3.05, 3.63) is 423 Å². The summed E-state index contributed by atoms with van der Waals surface area (Å²) in [6.45, 7) is 20.8. The minimum atomic E-state index is -3.27. The summed E-state index contributed by atoms with van der Waals surface area (Å²) in [5.41, 5.74) is 33.1. The molecule has 119 heavy (non-hydrogen) atoms. The molecule has 572 valence electrons. The van der Waals surface area contributed by atoms with Gasteiger partial charge < -0.3 is 14.4 Å². The molecule has 1 aromatic heterocycles. The fraction of sp³-hybridized carbons (Fsp3) is 0.105. The van der Waals surface area contributed by atoms with Crippen LogP contribution in [0.2, 0.25) is 0 Å². The van der Waals surface area contributed by atoms with Crippen molar-refractivity contribution in [3.8, 4) is 83.6 Å². The van der Waals surface area contributed by atoms with E-state index < -0.39 is 8.07 Å². The lowest BCUT2D eigenvalue weighted by molar-refractivity contribution is 0.590. The van der Waals surface area contributed by atoms with Crippen LogP contribution in [0.1, 0.15) is 79.0 Å². The van der Waals surface area contributed by atoms with Gasteiger partial charge in [0.1, 0.15) is 0 Å². The molecule has 0 saturated heterocycles. The monoisotopic (exact) mass is 1540 g/mol. The van der Waals surface area contributed by atoms with Gasteiger partial charge in [0.25, 0.3) is 6.71 Å². The lowest BCUT2D eigenvalue weighted by Crippen LogP contribution is -2.75. The van der Waals surface area contributed by atoms with E-state index in [4.69, 9.17) is 0 Å². The first-order valence-electron chi connectivity index (χ1n) is 42.1. The second-order valence-corrected chi connectivity index (χ2v) is 39.4. The van der Waals surface area contributed by atoms with Crippen LogP contribution in [-0.4, -0.2) is 19.4 Å². The fourth-order valence-electron chi connectivity index (χ4n) is 19.1. The summed E-state index contributed by atoms with van der Waals surface area (Å²) in [4.78, 5) is 5.51. The molecule has 0 unspecified atom stereocenters. The Labute approximate surface area is 702 Å². The quantitative estimate of drug-likeness (QED) is 0.0794. The summed E-state index contributed by atoms with van der Waals surface area (Å²) >= 11 is 0. The van der Waals surface area contributed by atoms with Crippen molar-refractivity contribution in [2.75, 3.05) is 9.80 Å². The molecule has 0 spiro atoms. The Morgan fingerprint density at radius 2 is 0.563 bits per heavy atom. The molecule has 0 fully saturated rings. The fourth-order valence-corrected chi connectivity index (χ4v) is 23.9. The first-order valence-corrected chi connectivity index (χ1v) is 44.1. The van der Waals surface area contributed by atoms with Crippen LogP contribution in [-0.2, 0) is 16.2 Å². The van der Waals surface area contributed by atoms with Crippen molar-refractivity contribution < 1.29 is 0 Å². The van der Waals surface area contributed by atoms with Gasteiger partial charge >= 0.3 is 0 Å². The van der Waals surface area contributed by atoms with Crippen molar-refractivity contribution in [3.63, 3.8) is 0 Å². The lowest BCUT2D eigenvalue weighted by atomic mass is 9.33. The van der Waals surface area contributed by atoms with E-state index in [1.165, 1.54) is 86.9 Å². The summed E-state index contributed by atoms with van der Waals surface area (Å²) in [6, 6.07) is 156. The third kappa shape index (κ3) is 13.0. The molecule has 0 saturated carbocycles. The van der Waals surface area contributed by atoms with E-state index in [1.54, 1.807) is 0 Å². The largest absolute Gasteiger partial charge is 0.310 e. The minimum Gasteiger partial charge on any atom is -0.310 e. The molecule has 3 nitrogen and oxygen atoms in total. The van der Waals surface area contributed by atoms with Gasteiger partial charge in [-0.2, -0.15) is 0 Å². The number of hydrogen-bond donors (Lipinski definition) is 0. The van der Waals surface area contributed by atoms with Crippen molar-refractivity contribution in [1.82, 2.24) is 4.57 Å². The number of nitrogens with zero attached hydrogens (tertiary/aromatic N) is 3. The minimum absolute atomic E-state index is 0.0836. The van der Waals surface area contributed by atoms with Crippen molar-refractivity contribution >= 4 is 108 Å². The van der Waals surface area contributed by atoms with Gasteiger partial charge in [-0.3, -0.25) is 0 Å². The average molecular weight is 1540 g/mol. The molecule has 5 heteroatoms. The van der Waals surface area contributed by atoms with Crippen LogP contribution in [0.15, 0.2) is 406 Å². The van der Waals surface area contributed by atoms with Gasteiger partial charge in [0, 0.05) is 61.5 Å². The molecule has 0 bridgehead atoms. The SMILES string of the molecule is CC(C)(C)c1ccc(-c2cc3c4c(c2)N(c2c(-c5ccccc5)cc(C(C)(C)C)cc2-c2ccccc2)c2cc(-n5c6ccc(-c7ccccc7)cc6c6cc(-c7ccccc7)ccc65)ccc2B4c2cc([Si](c4ccccc4)(c4ccccc4)c4ccccc4)ccc2N3c2c(-c3ccccc3)cc(C(C)(C)C)cc2-c2ccccc2)cc1. The molecule has 20 rings (SSSR count). The zero-order valence-electron chi connectivity index (χ0n) is 69.1. The smallest absolute Gasteiger partial charge is 0.252 e. The van der Waals surface area contributed by atoms with Crippen LogP contribution >= 0.6 is 0 Å². The van der Waals surface area contributed by atoms with Gasteiger partial charge in [0.15, 0.2) is 8.07 Å². The van der Waals surface area contributed by atoms with Gasteiger partial charge in [-0.05, 0) is 205 Å². The number of fused-ring (bicyclic) bond motifs is 7. The number of rotatable bonds is 14. The van der Waals surface area contributed by atoms with Crippen molar-refractivity contribution in [2.24, 2.45) is 0 Å². The first-order chi connectivity index (χ1) is 57.9. The number of anilines is 6. The van der Waals surface area contributed by atoms with E-state index in [0.717, 1.165) is 106 Å². The van der Waals surface area contributed by atoms with Crippen LogP contribution < -0.4 is 46.9 Å². The molecular weight excluding hydrogens is 1450 g/mol. The van der Waals surface area contributed by atoms with E-state index in [2.05, 4.69) is 483 Å². The summed E-state index contributed by atoms with van der Waals surface area (Å²) < 4.78 is 2.56. The third-order valence-corrected chi connectivity index (χ3v) is 29.9. The van der Waals surface area contributed by atoms with Crippen LogP contribution in [0.5, 0.6) is 0 Å². The van der Waals surface area contributed by atoms with Gasteiger partial charge in [0.2, 0.25) is 0 Å². The molecule has 0 N–H and O–H groups in total. The molecule has 0 aliphatic carbocycles. The number of aromatic nitrogens is 1. The van der Waals surface area contributed by atoms with Gasteiger partial charge in [-0.1, -0.05) is 390 Å². The molecule has 0 radical (unpaired) electrons. The van der Waals surface area contributed by atoms with Gasteiger partial charge in [-0.15, -0.1) is 0 Å². The van der Waals surface area contributed by atoms with Gasteiger partial charge in [-0.25, -0.2) is 0 Å². The summed E-state index contributed by atoms with van der Waals surface area (Å²) in [5.74, 6) is 0. The molecule has 0 atom stereocenters. The highest BCUT2D eigenvalue weighted by molar-refractivity contribution is 7.20. The Balaban J connectivity index is 0.990. The van der Waals surface area contributed by atoms with Gasteiger partial charge in [0.05, 0.1) is 22.4 Å². The molecule has 18 aromatic rings. The molecule has 0 amide bonds. The first kappa shape index (κ1) is 74.3. The predicted octanol–water partition coefficient (Wildman–Crippen LogP) is 25.8. The second kappa shape index (κ2) is 29.5. The van der Waals surface area contributed by atoms with E-state index in [0.29, 0.717) is 0 Å². The molecular formula is C114H94BN3Si. The zero-order valence-corrected chi connectivity index (χ0v) is 70.1. The maximum Gasteiger partial charge on any atom is 0.252 e. The standard InChI is InChI=1S/C114H94BN3Si/c1-112(2,3)87-59-55-79(56-60-87)86-69-107-109-108(70-86)118(111-97(82-45-27-14-28-46-82)73-89(114(7,8)9)74-98(111)83-47-29-15-30-48-83)106-75-90(116-103-64-57-84(77-37-19-10-20-38-77)67-99(103)100-68-85(58-65-104(100)116)78-39-21-11-22-40-78)61-63-101(106)115(109)102-76-94(119(91-49-31-16-32-50-91,92-51-33-17-34-52-92)93-53-35-18-36-54-93)62-66-105(102)117(107)110-95(80-41-23-12-24-42-80)71-88(113(4,5)6)72-96(110)81-43-25-13-26-44-81/h10-76H,1-9H3. The Kier molecular flexibility index (Phi) is 18.4. The Bertz CT molecular complexity index is 6540. The predicted molar refractivity (Wildman–Crippen MR) is 513 cm³/mol. The van der Waals surface area contributed by atoms with Crippen LogP contribution in [0, 0.1) is 0 Å². The Morgan fingerprint density at radius 3 is 0.933 bits per heavy atom. The van der Waals surface area contributed by atoms with Crippen molar-refractivity contribution in [1.29, 1.82) is 0 Å². The Morgan fingerprint density at radius 1 is 0.227 bits per heavy atom. The number of benzene rings is 17. The van der Waals surface area contributed by atoms with E-state index >= 15 is 0 Å². The van der Waals surface area contributed by atoms with E-state index in [-0.39, 0.29) is 23.0 Å². The highest BCUT2D eigenvalue weighted by atomic mass is 28.3. The molecule has 17 aromatic carbocycles. The highest BCUT2D eigenvalue weighted by Gasteiger charge is 2.49. The number of hydrogen-bond acceptors (Lipinski definition) is 2. The molecule has 2 aliphatic heterocycles. The Hall–Kier alpha value is -13.6. The van der Waals surface area contributed by atoms with Crippen LogP contribution in [0.3, 0.4) is 0 Å². The third-order valence-electron chi connectivity index (χ3n) is 25.2. The maximum atomic E-state index is 2.76. The topological polar surface area (TPSA) is 11.4 Å². The summed E-state index contributed by atoms with van der Waals surface area (Å²) in [7, 11) is -3.27. The van der Waals surface area contributed by atoms with Crippen molar-refractivity contribution in [2.45, 2.75) is 78.6 Å². The lowest BCUT2D eigenvalue weighted by Gasteiger charge is -2.47. The zero-order chi connectivity index (χ0) is 80.9. The van der Waals surface area contributed by atoms with E-state index in [9.17, 15) is 0 Å². The average Bonchev–Trinajstić information content (AvgIpc) is 1.14. The van der Waals surface area contributed by atoms with Crippen LogP contribution in [0.4, 0.5) is 34.1 Å². The highest BCUT2D eigenvalue weighted by Crippen LogP contribution is 2.56. The summed E-state index contributed by atoms with van der Waals surface area (Å²) in [5, 5.41) is 7.66. The molecule has 3 heterocycles. The summed E-state index contributed by atoms with van der Waals surface area (Å²) in [6.07, 6.45) is 0. The van der Waals surface area contributed by atoms with E-state index in [1.807, 2.05) is 0 Å². The maximum absolute atomic E-state index is 3.27. The second-order valence-electron chi connectivity index (χ2n) is 35.6. The molecule has 2 aliphatic rings. The normalized spacial score (nSPS) is 12.7. The van der Waals surface area contributed by atoms with Crippen LogP contribution in [0.25, 0.3) is 105 Å².